The van der Waals surface area contributed by atoms with Crippen LogP contribution in [0.5, 0.6) is 5.75 Å². The lowest BCUT2D eigenvalue weighted by atomic mass is 10.0. The molecule has 0 amide bonds. The van der Waals surface area contributed by atoms with Crippen molar-refractivity contribution in [2.75, 3.05) is 25.1 Å². The molecule has 0 aromatic heterocycles. The first-order valence-corrected chi connectivity index (χ1v) is 8.62. The molecule has 1 N–H and O–H groups in total. The van der Waals surface area contributed by atoms with Crippen LogP contribution in [-0.4, -0.2) is 31.3 Å². The molecule has 1 heterocycles. The van der Waals surface area contributed by atoms with Gasteiger partial charge >= 0.3 is 5.97 Å². The lowest BCUT2D eigenvalue weighted by molar-refractivity contribution is -0.130. The van der Waals surface area contributed by atoms with E-state index in [9.17, 15) is 9.90 Å². The fourth-order valence-corrected chi connectivity index (χ4v) is 3.22. The lowest BCUT2D eigenvalue weighted by Crippen LogP contribution is -2.29. The Morgan fingerprint density at radius 2 is 1.72 bits per heavy atom. The van der Waals surface area contributed by atoms with Gasteiger partial charge in [-0.1, -0.05) is 30.3 Å². The largest absolute Gasteiger partial charge is 0.496 e. The van der Waals surface area contributed by atoms with Crippen molar-refractivity contribution in [3.8, 4) is 5.75 Å². The molecular weight excluding hydrogens is 314 g/mol. The minimum Gasteiger partial charge on any atom is -0.496 e. The van der Waals surface area contributed by atoms with Gasteiger partial charge in [-0.2, -0.15) is 0 Å². The van der Waals surface area contributed by atoms with Gasteiger partial charge in [-0.3, -0.25) is 0 Å². The predicted molar refractivity (Wildman–Crippen MR) is 101 cm³/mol. The number of rotatable bonds is 5. The second kappa shape index (κ2) is 7.88. The summed E-state index contributed by atoms with van der Waals surface area (Å²) in [4.78, 5) is 14.1. The highest BCUT2D eigenvalue weighted by molar-refractivity contribution is 6.21. The summed E-state index contributed by atoms with van der Waals surface area (Å²) in [5.41, 5.74) is 2.87. The van der Waals surface area contributed by atoms with Gasteiger partial charge in [0.1, 0.15) is 5.75 Å². The highest BCUT2D eigenvalue weighted by Crippen LogP contribution is 2.28. The van der Waals surface area contributed by atoms with Crippen LogP contribution in [0.1, 0.15) is 30.4 Å². The van der Waals surface area contributed by atoms with E-state index in [1.165, 1.54) is 24.9 Å². The first kappa shape index (κ1) is 17.1. The SMILES string of the molecule is COc1ccccc1C(=Cc1ccc(N2CCCCC2)cc1)C(=O)O. The number of carboxylic acids is 1. The zero-order valence-electron chi connectivity index (χ0n) is 14.4. The van der Waals surface area contributed by atoms with Gasteiger partial charge in [-0.05, 0) is 49.1 Å². The van der Waals surface area contributed by atoms with E-state index < -0.39 is 5.97 Å². The Bertz CT molecular complexity index is 759. The summed E-state index contributed by atoms with van der Waals surface area (Å²) in [6.07, 6.45) is 5.47. The molecule has 25 heavy (non-hydrogen) atoms. The van der Waals surface area contributed by atoms with Gasteiger partial charge in [0.25, 0.3) is 0 Å². The van der Waals surface area contributed by atoms with Crippen LogP contribution in [0.2, 0.25) is 0 Å². The maximum atomic E-state index is 11.8. The number of carbonyl (C=O) groups is 1. The van der Waals surface area contributed by atoms with E-state index in [1.807, 2.05) is 24.3 Å². The van der Waals surface area contributed by atoms with Crippen molar-refractivity contribution in [3.05, 3.63) is 59.7 Å². The van der Waals surface area contributed by atoms with Crippen molar-refractivity contribution in [1.29, 1.82) is 0 Å². The number of hydrogen-bond acceptors (Lipinski definition) is 3. The van der Waals surface area contributed by atoms with E-state index in [0.29, 0.717) is 11.3 Å². The molecule has 1 saturated heterocycles. The van der Waals surface area contributed by atoms with Crippen LogP contribution in [0.25, 0.3) is 11.6 Å². The van der Waals surface area contributed by atoms with E-state index in [1.54, 1.807) is 25.3 Å². The highest BCUT2D eigenvalue weighted by Gasteiger charge is 2.15. The fraction of sp³-hybridized carbons (Fsp3) is 0.286. The number of methoxy groups -OCH3 is 1. The third-order valence-electron chi connectivity index (χ3n) is 4.55. The van der Waals surface area contributed by atoms with Crippen molar-refractivity contribution in [2.45, 2.75) is 19.3 Å². The quantitative estimate of drug-likeness (QED) is 0.652. The number of piperidine rings is 1. The van der Waals surface area contributed by atoms with E-state index in [4.69, 9.17) is 4.74 Å². The molecule has 1 aliphatic heterocycles. The van der Waals surface area contributed by atoms with Crippen LogP contribution < -0.4 is 9.64 Å². The molecule has 3 rings (SSSR count). The summed E-state index contributed by atoms with van der Waals surface area (Å²) in [5.74, 6) is -0.411. The number of hydrogen-bond donors (Lipinski definition) is 1. The number of ether oxygens (including phenoxy) is 1. The normalized spacial score (nSPS) is 15.1. The van der Waals surface area contributed by atoms with E-state index >= 15 is 0 Å². The molecule has 0 bridgehead atoms. The van der Waals surface area contributed by atoms with Crippen LogP contribution in [0.3, 0.4) is 0 Å². The number of aliphatic carboxylic acids is 1. The third kappa shape index (κ3) is 4.02. The molecule has 4 heteroatoms. The second-order valence-electron chi connectivity index (χ2n) is 6.20. The average molecular weight is 337 g/mol. The molecule has 0 saturated carbocycles. The molecule has 0 unspecified atom stereocenters. The Labute approximate surface area is 148 Å². The van der Waals surface area contributed by atoms with Crippen molar-refractivity contribution < 1.29 is 14.6 Å². The molecule has 1 aliphatic rings. The summed E-state index contributed by atoms with van der Waals surface area (Å²) >= 11 is 0. The van der Waals surface area contributed by atoms with E-state index in [2.05, 4.69) is 17.0 Å². The molecule has 4 nitrogen and oxygen atoms in total. The van der Waals surface area contributed by atoms with E-state index in [0.717, 1.165) is 18.7 Å². The Kier molecular flexibility index (Phi) is 5.39. The lowest BCUT2D eigenvalue weighted by Gasteiger charge is -2.28. The van der Waals surface area contributed by atoms with Gasteiger partial charge in [-0.15, -0.1) is 0 Å². The topological polar surface area (TPSA) is 49.8 Å². The molecule has 2 aromatic carbocycles. The van der Waals surface area contributed by atoms with Crippen molar-refractivity contribution in [2.24, 2.45) is 0 Å². The number of para-hydroxylation sites is 1. The zero-order valence-corrected chi connectivity index (χ0v) is 14.4. The fourth-order valence-electron chi connectivity index (χ4n) is 3.22. The number of carboxylic acid groups (broad SMARTS) is 1. The first-order chi connectivity index (χ1) is 12.2. The Hall–Kier alpha value is -2.75. The Morgan fingerprint density at radius 1 is 1.04 bits per heavy atom. The summed E-state index contributed by atoms with van der Waals surface area (Å²) in [6.45, 7) is 2.19. The van der Waals surface area contributed by atoms with Gasteiger partial charge in [0.2, 0.25) is 0 Å². The predicted octanol–water partition coefficient (Wildman–Crippen LogP) is 4.31. The zero-order chi connectivity index (χ0) is 17.6. The van der Waals surface area contributed by atoms with Gasteiger partial charge in [0, 0.05) is 24.3 Å². The van der Waals surface area contributed by atoms with Crippen LogP contribution in [0.15, 0.2) is 48.5 Å². The molecule has 0 aliphatic carbocycles. The molecule has 0 radical (unpaired) electrons. The summed E-state index contributed by atoms with van der Waals surface area (Å²) < 4.78 is 5.30. The standard InChI is InChI=1S/C21H23NO3/c1-25-20-8-4-3-7-18(20)19(21(23)24)15-16-9-11-17(12-10-16)22-13-5-2-6-14-22/h3-4,7-12,15H,2,5-6,13-14H2,1H3,(H,23,24). The molecular formula is C21H23NO3. The van der Waals surface area contributed by atoms with Crippen molar-refractivity contribution in [3.63, 3.8) is 0 Å². The third-order valence-corrected chi connectivity index (χ3v) is 4.55. The van der Waals surface area contributed by atoms with Crippen LogP contribution >= 0.6 is 0 Å². The molecule has 1 fully saturated rings. The van der Waals surface area contributed by atoms with Gasteiger partial charge in [0.15, 0.2) is 0 Å². The highest BCUT2D eigenvalue weighted by atomic mass is 16.5. The van der Waals surface area contributed by atoms with Gasteiger partial charge in [0.05, 0.1) is 12.7 Å². The average Bonchev–Trinajstić information content (AvgIpc) is 2.67. The first-order valence-electron chi connectivity index (χ1n) is 8.62. The summed E-state index contributed by atoms with van der Waals surface area (Å²) in [7, 11) is 1.55. The van der Waals surface area contributed by atoms with Crippen molar-refractivity contribution in [1.82, 2.24) is 0 Å². The van der Waals surface area contributed by atoms with Crippen LogP contribution in [0, 0.1) is 0 Å². The number of nitrogens with zero attached hydrogens (tertiary/aromatic N) is 1. The second-order valence-corrected chi connectivity index (χ2v) is 6.20. The summed E-state index contributed by atoms with van der Waals surface area (Å²) in [5, 5.41) is 9.63. The van der Waals surface area contributed by atoms with Crippen molar-refractivity contribution >= 4 is 23.3 Å². The van der Waals surface area contributed by atoms with Gasteiger partial charge in [-0.25, -0.2) is 4.79 Å². The Morgan fingerprint density at radius 3 is 2.36 bits per heavy atom. The minimum atomic E-state index is -0.968. The smallest absolute Gasteiger partial charge is 0.336 e. The van der Waals surface area contributed by atoms with Gasteiger partial charge < -0.3 is 14.7 Å². The van der Waals surface area contributed by atoms with E-state index in [-0.39, 0.29) is 5.57 Å². The molecule has 0 atom stereocenters. The maximum absolute atomic E-state index is 11.8. The minimum absolute atomic E-state index is 0.225. The van der Waals surface area contributed by atoms with Crippen LogP contribution in [0.4, 0.5) is 5.69 Å². The molecule has 2 aromatic rings. The Balaban J connectivity index is 1.89. The molecule has 0 spiro atoms. The summed E-state index contributed by atoms with van der Waals surface area (Å²) in [6, 6.07) is 15.3. The molecule has 130 valence electrons. The number of anilines is 1. The van der Waals surface area contributed by atoms with Crippen LogP contribution in [-0.2, 0) is 4.79 Å². The number of benzene rings is 2. The monoisotopic (exact) mass is 337 g/mol. The maximum Gasteiger partial charge on any atom is 0.336 e.